The molecule has 0 saturated heterocycles. The van der Waals surface area contributed by atoms with Gasteiger partial charge in [0.25, 0.3) is 0 Å². The van der Waals surface area contributed by atoms with Crippen LogP contribution < -0.4 is 5.73 Å². The van der Waals surface area contributed by atoms with E-state index in [2.05, 4.69) is 32.7 Å². The molecule has 2 nitrogen and oxygen atoms in total. The molecule has 1 rings (SSSR count). The number of hydrogen-bond donors (Lipinski definition) is 1. The summed E-state index contributed by atoms with van der Waals surface area (Å²) in [5.41, 5.74) is 7.70. The van der Waals surface area contributed by atoms with Crippen molar-refractivity contribution < 1.29 is 0 Å². The highest BCUT2D eigenvalue weighted by Gasteiger charge is 2.11. The Kier molecular flexibility index (Phi) is 5.29. The number of nitrogens with zero attached hydrogens (tertiary/aromatic N) is 1. The quantitative estimate of drug-likeness (QED) is 0.810. The van der Waals surface area contributed by atoms with Crippen molar-refractivity contribution in [2.75, 3.05) is 12.8 Å². The number of anilines is 1. The molecule has 17 heavy (non-hydrogen) atoms. The van der Waals surface area contributed by atoms with E-state index in [0.29, 0.717) is 11.1 Å². The summed E-state index contributed by atoms with van der Waals surface area (Å²) < 4.78 is 0. The van der Waals surface area contributed by atoms with Gasteiger partial charge in [-0.2, -0.15) is 0 Å². The van der Waals surface area contributed by atoms with Gasteiger partial charge in [0, 0.05) is 23.3 Å². The lowest BCUT2D eigenvalue weighted by Crippen LogP contribution is -2.29. The van der Waals surface area contributed by atoms with Crippen LogP contribution >= 0.6 is 11.6 Å². The first-order chi connectivity index (χ1) is 7.88. The van der Waals surface area contributed by atoms with E-state index in [0.717, 1.165) is 18.2 Å². The summed E-state index contributed by atoms with van der Waals surface area (Å²) in [6.07, 6.45) is 1.20. The van der Waals surface area contributed by atoms with E-state index in [4.69, 9.17) is 17.3 Å². The molecule has 0 heterocycles. The van der Waals surface area contributed by atoms with E-state index in [1.807, 2.05) is 12.1 Å². The maximum absolute atomic E-state index is 6.00. The lowest BCUT2D eigenvalue weighted by molar-refractivity contribution is 0.220. The highest BCUT2D eigenvalue weighted by Crippen LogP contribution is 2.19. The topological polar surface area (TPSA) is 29.3 Å². The fraction of sp³-hybridized carbons (Fsp3) is 0.571. The van der Waals surface area contributed by atoms with Crippen LogP contribution in [0.2, 0.25) is 5.02 Å². The van der Waals surface area contributed by atoms with Crippen molar-refractivity contribution in [2.24, 2.45) is 5.92 Å². The lowest BCUT2D eigenvalue weighted by Gasteiger charge is -2.26. The lowest BCUT2D eigenvalue weighted by atomic mass is 10.0. The first-order valence-electron chi connectivity index (χ1n) is 6.13. The highest BCUT2D eigenvalue weighted by atomic mass is 35.5. The molecule has 0 amide bonds. The third-order valence-corrected chi connectivity index (χ3v) is 3.20. The van der Waals surface area contributed by atoms with Gasteiger partial charge in [0.15, 0.2) is 0 Å². The Hall–Kier alpha value is -0.730. The number of halogens is 1. The molecule has 0 aromatic heterocycles. The third kappa shape index (κ3) is 4.97. The Bertz CT molecular complexity index is 343. The molecule has 3 heteroatoms. The zero-order valence-corrected chi connectivity index (χ0v) is 12.0. The van der Waals surface area contributed by atoms with Gasteiger partial charge in [-0.05, 0) is 50.1 Å². The number of rotatable bonds is 5. The minimum atomic E-state index is 0.565. The first kappa shape index (κ1) is 14.3. The van der Waals surface area contributed by atoms with Crippen molar-refractivity contribution in [1.82, 2.24) is 4.90 Å². The molecule has 1 aromatic rings. The van der Waals surface area contributed by atoms with Gasteiger partial charge >= 0.3 is 0 Å². The predicted octanol–water partition coefficient (Wildman–Crippen LogP) is 3.79. The second kappa shape index (κ2) is 6.27. The molecule has 0 saturated carbocycles. The maximum Gasteiger partial charge on any atom is 0.0429 e. The molecule has 0 radical (unpaired) electrons. The summed E-state index contributed by atoms with van der Waals surface area (Å²) in [4.78, 5) is 2.34. The molecule has 0 spiro atoms. The van der Waals surface area contributed by atoms with Crippen LogP contribution in [-0.2, 0) is 6.54 Å². The zero-order valence-electron chi connectivity index (χ0n) is 11.2. The van der Waals surface area contributed by atoms with E-state index >= 15 is 0 Å². The molecule has 1 aromatic carbocycles. The van der Waals surface area contributed by atoms with Gasteiger partial charge in [-0.3, -0.25) is 4.90 Å². The molecule has 2 N–H and O–H groups in total. The van der Waals surface area contributed by atoms with Gasteiger partial charge in [-0.1, -0.05) is 25.4 Å². The van der Waals surface area contributed by atoms with Gasteiger partial charge in [-0.25, -0.2) is 0 Å². The largest absolute Gasteiger partial charge is 0.399 e. The second-order valence-corrected chi connectivity index (χ2v) is 5.72. The summed E-state index contributed by atoms with van der Waals surface area (Å²) >= 11 is 6.00. The summed E-state index contributed by atoms with van der Waals surface area (Å²) in [7, 11) is 2.14. The van der Waals surface area contributed by atoms with E-state index < -0.39 is 0 Å². The number of benzene rings is 1. The SMILES string of the molecule is CC(C)CC(C)N(C)Cc1cc(N)cc(Cl)c1. The number of nitrogen functional groups attached to an aromatic ring is 1. The van der Waals surface area contributed by atoms with Crippen LogP contribution in [-0.4, -0.2) is 18.0 Å². The van der Waals surface area contributed by atoms with Crippen LogP contribution in [0.1, 0.15) is 32.8 Å². The molecule has 1 atom stereocenters. The van der Waals surface area contributed by atoms with Gasteiger partial charge in [0.1, 0.15) is 0 Å². The van der Waals surface area contributed by atoms with Crippen molar-refractivity contribution in [3.63, 3.8) is 0 Å². The van der Waals surface area contributed by atoms with Gasteiger partial charge in [-0.15, -0.1) is 0 Å². The van der Waals surface area contributed by atoms with Gasteiger partial charge in [0.05, 0.1) is 0 Å². The Morgan fingerprint density at radius 3 is 2.41 bits per heavy atom. The smallest absolute Gasteiger partial charge is 0.0429 e. The van der Waals surface area contributed by atoms with Gasteiger partial charge in [0.2, 0.25) is 0 Å². The fourth-order valence-electron chi connectivity index (χ4n) is 2.07. The third-order valence-electron chi connectivity index (χ3n) is 2.98. The van der Waals surface area contributed by atoms with Crippen molar-refractivity contribution in [3.8, 4) is 0 Å². The van der Waals surface area contributed by atoms with E-state index in [1.165, 1.54) is 12.0 Å². The Balaban J connectivity index is 2.63. The molecular weight excluding hydrogens is 232 g/mol. The van der Waals surface area contributed by atoms with Crippen LogP contribution in [0.3, 0.4) is 0 Å². The maximum atomic E-state index is 6.00. The van der Waals surface area contributed by atoms with E-state index in [-0.39, 0.29) is 0 Å². The van der Waals surface area contributed by atoms with E-state index in [9.17, 15) is 0 Å². The summed E-state index contributed by atoms with van der Waals surface area (Å²) in [5, 5.41) is 0.713. The number of nitrogens with two attached hydrogens (primary N) is 1. The van der Waals surface area contributed by atoms with Crippen LogP contribution in [0.5, 0.6) is 0 Å². The molecule has 0 aliphatic carbocycles. The Morgan fingerprint density at radius 2 is 1.88 bits per heavy atom. The first-order valence-corrected chi connectivity index (χ1v) is 6.51. The fourth-order valence-corrected chi connectivity index (χ4v) is 2.34. The van der Waals surface area contributed by atoms with Crippen LogP contribution in [0.15, 0.2) is 18.2 Å². The summed E-state index contributed by atoms with van der Waals surface area (Å²) in [6.45, 7) is 7.65. The van der Waals surface area contributed by atoms with Crippen molar-refractivity contribution in [2.45, 2.75) is 39.8 Å². The van der Waals surface area contributed by atoms with Crippen LogP contribution in [0.4, 0.5) is 5.69 Å². The zero-order chi connectivity index (χ0) is 13.0. The molecule has 0 fully saturated rings. The average molecular weight is 255 g/mol. The number of hydrogen-bond acceptors (Lipinski definition) is 2. The normalized spacial score (nSPS) is 13.4. The molecule has 0 aliphatic heterocycles. The second-order valence-electron chi connectivity index (χ2n) is 5.29. The minimum Gasteiger partial charge on any atom is -0.399 e. The van der Waals surface area contributed by atoms with Crippen LogP contribution in [0, 0.1) is 5.92 Å². The van der Waals surface area contributed by atoms with Crippen molar-refractivity contribution in [3.05, 3.63) is 28.8 Å². The van der Waals surface area contributed by atoms with Crippen LogP contribution in [0.25, 0.3) is 0 Å². The Labute approximate surface area is 110 Å². The van der Waals surface area contributed by atoms with Crippen molar-refractivity contribution >= 4 is 17.3 Å². The standard InChI is InChI=1S/C14H23ClN2/c1-10(2)5-11(3)17(4)9-12-6-13(15)8-14(16)7-12/h6-8,10-11H,5,9,16H2,1-4H3. The van der Waals surface area contributed by atoms with E-state index in [1.54, 1.807) is 6.07 Å². The molecular formula is C14H23ClN2. The average Bonchev–Trinajstić information content (AvgIpc) is 2.14. The van der Waals surface area contributed by atoms with Gasteiger partial charge < -0.3 is 5.73 Å². The summed E-state index contributed by atoms with van der Waals surface area (Å²) in [5.74, 6) is 0.719. The minimum absolute atomic E-state index is 0.565. The predicted molar refractivity (Wildman–Crippen MR) is 76.2 cm³/mol. The molecule has 0 bridgehead atoms. The molecule has 1 unspecified atom stereocenters. The molecule has 0 aliphatic rings. The molecule has 96 valence electrons. The Morgan fingerprint density at radius 1 is 1.24 bits per heavy atom. The summed E-state index contributed by atoms with van der Waals surface area (Å²) in [6, 6.07) is 6.32. The van der Waals surface area contributed by atoms with Crippen molar-refractivity contribution in [1.29, 1.82) is 0 Å². The monoisotopic (exact) mass is 254 g/mol. The highest BCUT2D eigenvalue weighted by molar-refractivity contribution is 6.30.